The molecule has 3 heteroatoms. The minimum Gasteiger partial charge on any atom is -0.497 e. The third kappa shape index (κ3) is 5.41. The van der Waals surface area contributed by atoms with Gasteiger partial charge in [-0.3, -0.25) is 0 Å². The lowest BCUT2D eigenvalue weighted by Gasteiger charge is -2.26. The van der Waals surface area contributed by atoms with E-state index in [1.54, 1.807) is 7.11 Å². The number of methoxy groups -OCH3 is 1. The molecule has 0 amide bonds. The summed E-state index contributed by atoms with van der Waals surface area (Å²) in [5.41, 5.74) is 0. The molecule has 2 rings (SSSR count). The Bertz CT molecular complexity index is 358. The molecule has 1 heterocycles. The number of likely N-dealkylation sites (tertiary alicyclic amines) is 1. The second-order valence-electron chi connectivity index (χ2n) is 5.49. The Hall–Kier alpha value is -1.22. The van der Waals surface area contributed by atoms with Gasteiger partial charge in [-0.25, -0.2) is 0 Å². The first kappa shape index (κ1) is 15.2. The van der Waals surface area contributed by atoms with Crippen LogP contribution in [0.5, 0.6) is 11.5 Å². The Morgan fingerprint density at radius 3 is 2.30 bits per heavy atom. The standard InChI is InChI=1S/C17H27NO2/c1-19-16-8-10-17(11-9-16)20-15-7-3-6-14-18-12-4-2-5-13-18/h8-11H,2-7,12-15H2,1H3. The van der Waals surface area contributed by atoms with E-state index in [0.717, 1.165) is 24.5 Å². The van der Waals surface area contributed by atoms with Crippen molar-refractivity contribution in [3.05, 3.63) is 24.3 Å². The lowest BCUT2D eigenvalue weighted by Crippen LogP contribution is -2.30. The topological polar surface area (TPSA) is 21.7 Å². The maximum atomic E-state index is 5.73. The highest BCUT2D eigenvalue weighted by atomic mass is 16.5. The van der Waals surface area contributed by atoms with E-state index in [2.05, 4.69) is 4.90 Å². The number of hydrogen-bond donors (Lipinski definition) is 0. The molecule has 20 heavy (non-hydrogen) atoms. The molecular weight excluding hydrogens is 250 g/mol. The van der Waals surface area contributed by atoms with Crippen molar-refractivity contribution in [2.75, 3.05) is 33.4 Å². The first-order chi connectivity index (χ1) is 9.88. The minimum absolute atomic E-state index is 0.812. The van der Waals surface area contributed by atoms with Gasteiger partial charge in [0.15, 0.2) is 0 Å². The van der Waals surface area contributed by atoms with Gasteiger partial charge in [-0.1, -0.05) is 6.42 Å². The Morgan fingerprint density at radius 1 is 0.900 bits per heavy atom. The molecule has 1 aliphatic rings. The molecule has 1 saturated heterocycles. The number of nitrogens with zero attached hydrogens (tertiary/aromatic N) is 1. The summed E-state index contributed by atoms with van der Waals surface area (Å²) in [4.78, 5) is 2.60. The molecule has 0 N–H and O–H groups in total. The SMILES string of the molecule is COc1ccc(OCCCCCN2CCCCC2)cc1. The third-order valence-corrected chi connectivity index (χ3v) is 3.90. The fraction of sp³-hybridized carbons (Fsp3) is 0.647. The lowest BCUT2D eigenvalue weighted by atomic mass is 10.1. The Morgan fingerprint density at radius 2 is 1.60 bits per heavy atom. The molecule has 1 aromatic carbocycles. The average molecular weight is 277 g/mol. The highest BCUT2D eigenvalue weighted by molar-refractivity contribution is 5.31. The summed E-state index contributed by atoms with van der Waals surface area (Å²) in [6.07, 6.45) is 7.89. The molecule has 0 atom stereocenters. The van der Waals surface area contributed by atoms with Gasteiger partial charge in [0.1, 0.15) is 11.5 Å². The summed E-state index contributed by atoms with van der Waals surface area (Å²) in [5.74, 6) is 1.81. The van der Waals surface area contributed by atoms with Gasteiger partial charge in [-0.05, 0) is 76.0 Å². The maximum absolute atomic E-state index is 5.73. The number of unbranched alkanes of at least 4 members (excludes halogenated alkanes) is 2. The Labute approximate surface area is 122 Å². The molecule has 0 spiro atoms. The van der Waals surface area contributed by atoms with Crippen LogP contribution in [0, 0.1) is 0 Å². The molecule has 0 radical (unpaired) electrons. The van der Waals surface area contributed by atoms with Crippen LogP contribution in [0.1, 0.15) is 38.5 Å². The zero-order chi connectivity index (χ0) is 14.0. The third-order valence-electron chi connectivity index (χ3n) is 3.90. The van der Waals surface area contributed by atoms with Crippen molar-refractivity contribution < 1.29 is 9.47 Å². The van der Waals surface area contributed by atoms with Gasteiger partial charge in [-0.2, -0.15) is 0 Å². The van der Waals surface area contributed by atoms with Crippen LogP contribution in [0.25, 0.3) is 0 Å². The van der Waals surface area contributed by atoms with Crippen LogP contribution in [0.2, 0.25) is 0 Å². The van der Waals surface area contributed by atoms with E-state index in [1.165, 1.54) is 51.7 Å². The van der Waals surface area contributed by atoms with Crippen molar-refractivity contribution >= 4 is 0 Å². The zero-order valence-electron chi connectivity index (χ0n) is 12.6. The molecule has 1 fully saturated rings. The summed E-state index contributed by atoms with van der Waals surface area (Å²) in [5, 5.41) is 0. The quantitative estimate of drug-likeness (QED) is 0.676. The predicted octanol–water partition coefficient (Wildman–Crippen LogP) is 3.73. The molecule has 3 nitrogen and oxygen atoms in total. The zero-order valence-corrected chi connectivity index (χ0v) is 12.6. The average Bonchev–Trinajstić information content (AvgIpc) is 2.52. The fourth-order valence-electron chi connectivity index (χ4n) is 2.66. The van der Waals surface area contributed by atoms with E-state index in [4.69, 9.17) is 9.47 Å². The monoisotopic (exact) mass is 277 g/mol. The number of benzene rings is 1. The van der Waals surface area contributed by atoms with Crippen LogP contribution in [-0.4, -0.2) is 38.3 Å². The van der Waals surface area contributed by atoms with E-state index >= 15 is 0 Å². The fourth-order valence-corrected chi connectivity index (χ4v) is 2.66. The summed E-state index contributed by atoms with van der Waals surface area (Å²) < 4.78 is 10.9. The van der Waals surface area contributed by atoms with Gasteiger partial charge in [0.05, 0.1) is 13.7 Å². The number of piperidine rings is 1. The molecule has 0 unspecified atom stereocenters. The Kier molecular flexibility index (Phi) is 6.72. The van der Waals surface area contributed by atoms with Gasteiger partial charge in [-0.15, -0.1) is 0 Å². The Balaban J connectivity index is 1.50. The molecule has 0 saturated carbocycles. The van der Waals surface area contributed by atoms with Crippen molar-refractivity contribution in [1.82, 2.24) is 4.90 Å². The van der Waals surface area contributed by atoms with E-state index < -0.39 is 0 Å². The van der Waals surface area contributed by atoms with Crippen molar-refractivity contribution in [2.24, 2.45) is 0 Å². The van der Waals surface area contributed by atoms with Crippen molar-refractivity contribution in [3.63, 3.8) is 0 Å². The van der Waals surface area contributed by atoms with Gasteiger partial charge >= 0.3 is 0 Å². The maximum Gasteiger partial charge on any atom is 0.119 e. The minimum atomic E-state index is 0.812. The van der Waals surface area contributed by atoms with Gasteiger partial charge in [0.2, 0.25) is 0 Å². The van der Waals surface area contributed by atoms with Crippen molar-refractivity contribution in [2.45, 2.75) is 38.5 Å². The van der Waals surface area contributed by atoms with Crippen LogP contribution < -0.4 is 9.47 Å². The largest absolute Gasteiger partial charge is 0.497 e. The summed E-state index contributed by atoms with van der Waals surface area (Å²) >= 11 is 0. The van der Waals surface area contributed by atoms with Gasteiger partial charge in [0.25, 0.3) is 0 Å². The van der Waals surface area contributed by atoms with Gasteiger partial charge < -0.3 is 14.4 Å². The van der Waals surface area contributed by atoms with Crippen LogP contribution >= 0.6 is 0 Å². The molecule has 112 valence electrons. The normalized spacial score (nSPS) is 16.1. The molecule has 1 aromatic rings. The van der Waals surface area contributed by atoms with Crippen LogP contribution in [-0.2, 0) is 0 Å². The molecular formula is C17H27NO2. The van der Waals surface area contributed by atoms with E-state index in [9.17, 15) is 0 Å². The van der Waals surface area contributed by atoms with Gasteiger partial charge in [0, 0.05) is 0 Å². The summed E-state index contributed by atoms with van der Waals surface area (Å²) in [7, 11) is 1.68. The first-order valence-corrected chi connectivity index (χ1v) is 7.88. The van der Waals surface area contributed by atoms with Crippen LogP contribution in [0.3, 0.4) is 0 Å². The van der Waals surface area contributed by atoms with E-state index in [1.807, 2.05) is 24.3 Å². The summed E-state index contributed by atoms with van der Waals surface area (Å²) in [6.45, 7) is 4.69. The van der Waals surface area contributed by atoms with E-state index in [0.29, 0.717) is 0 Å². The highest BCUT2D eigenvalue weighted by Gasteiger charge is 2.08. The molecule has 1 aliphatic heterocycles. The second kappa shape index (κ2) is 8.85. The number of hydrogen-bond acceptors (Lipinski definition) is 3. The smallest absolute Gasteiger partial charge is 0.119 e. The van der Waals surface area contributed by atoms with Crippen LogP contribution in [0.4, 0.5) is 0 Å². The molecule has 0 aliphatic carbocycles. The van der Waals surface area contributed by atoms with Crippen molar-refractivity contribution in [1.29, 1.82) is 0 Å². The number of ether oxygens (including phenoxy) is 2. The number of rotatable bonds is 8. The predicted molar refractivity (Wildman–Crippen MR) is 82.6 cm³/mol. The molecule has 0 bridgehead atoms. The van der Waals surface area contributed by atoms with E-state index in [-0.39, 0.29) is 0 Å². The second-order valence-corrected chi connectivity index (χ2v) is 5.49. The lowest BCUT2D eigenvalue weighted by molar-refractivity contribution is 0.221. The van der Waals surface area contributed by atoms with Crippen LogP contribution in [0.15, 0.2) is 24.3 Å². The van der Waals surface area contributed by atoms with Crippen molar-refractivity contribution in [3.8, 4) is 11.5 Å². The molecule has 0 aromatic heterocycles. The first-order valence-electron chi connectivity index (χ1n) is 7.88. The summed E-state index contributed by atoms with van der Waals surface area (Å²) in [6, 6.07) is 7.80. The highest BCUT2D eigenvalue weighted by Crippen LogP contribution is 2.17.